The Labute approximate surface area is 220 Å². The van der Waals surface area contributed by atoms with Gasteiger partial charge in [-0.3, -0.25) is 9.48 Å². The van der Waals surface area contributed by atoms with Gasteiger partial charge >= 0.3 is 13.1 Å². The van der Waals surface area contributed by atoms with Gasteiger partial charge in [-0.2, -0.15) is 5.10 Å². The van der Waals surface area contributed by atoms with Crippen molar-refractivity contribution < 1.29 is 18.7 Å². The summed E-state index contributed by atoms with van der Waals surface area (Å²) in [6, 6.07) is 7.55. The Kier molecular flexibility index (Phi) is 6.99. The van der Waals surface area contributed by atoms with E-state index < -0.39 is 23.1 Å². The van der Waals surface area contributed by atoms with Gasteiger partial charge in [-0.15, -0.1) is 0 Å². The number of nitrogens with one attached hydrogen (secondary N) is 3. The number of hydrogen-bond acceptors (Lipinski definition) is 7. The molecule has 38 heavy (non-hydrogen) atoms. The molecule has 2 aromatic heterocycles. The number of urea groups is 1. The molecule has 4 N–H and O–H groups in total. The average Bonchev–Trinajstić information content (AvgIpc) is 3.55. The Morgan fingerprint density at radius 1 is 1.26 bits per heavy atom. The number of fused-ring (bicyclic) bond motifs is 1. The van der Waals surface area contributed by atoms with E-state index in [0.29, 0.717) is 16.8 Å². The first kappa shape index (κ1) is 26.0. The molecule has 11 nitrogen and oxygen atoms in total. The summed E-state index contributed by atoms with van der Waals surface area (Å²) in [7, 11) is -4.77. The highest BCUT2D eigenvalue weighted by Crippen LogP contribution is 2.37. The summed E-state index contributed by atoms with van der Waals surface area (Å²) in [6.45, 7) is 4.02. The Hall–Kier alpha value is -3.68. The van der Waals surface area contributed by atoms with Gasteiger partial charge in [-0.1, -0.05) is 24.2 Å². The van der Waals surface area contributed by atoms with E-state index in [1.165, 1.54) is 16.7 Å². The fourth-order valence-electron chi connectivity index (χ4n) is 4.81. The van der Waals surface area contributed by atoms with Gasteiger partial charge in [0.2, 0.25) is 0 Å². The molecule has 1 aliphatic carbocycles. The third-order valence-electron chi connectivity index (χ3n) is 6.73. The first-order chi connectivity index (χ1) is 18.1. The molecule has 3 heterocycles. The first-order valence-corrected chi connectivity index (χ1v) is 14.0. The molecule has 2 aliphatic rings. The lowest BCUT2D eigenvalue weighted by Gasteiger charge is -2.19. The lowest BCUT2D eigenvalue weighted by Crippen LogP contribution is -2.34. The number of nitrogens with zero attached hydrogens (tertiary/aromatic N) is 3. The Balaban J connectivity index is 1.40. The molecule has 0 saturated heterocycles. The average molecular weight is 536 g/mol. The van der Waals surface area contributed by atoms with E-state index >= 15 is 0 Å². The van der Waals surface area contributed by atoms with E-state index in [2.05, 4.69) is 15.1 Å². The largest absolute Gasteiger partial charge is 0.483 e. The van der Waals surface area contributed by atoms with Gasteiger partial charge in [0.05, 0.1) is 18.3 Å². The maximum Gasteiger partial charge on any atom is 0.483 e. The molecule has 2 amide bonds. The number of carbonyl (C=O) groups is 1. The monoisotopic (exact) mass is 536 g/mol. The lowest BCUT2D eigenvalue weighted by atomic mass is 9.87. The number of hydrogen-bond donors (Lipinski definition) is 4. The highest BCUT2D eigenvalue weighted by Gasteiger charge is 2.25. The molecule has 0 saturated carbocycles. The van der Waals surface area contributed by atoms with Gasteiger partial charge in [-0.05, 0) is 61.9 Å². The molecule has 0 bridgehead atoms. The van der Waals surface area contributed by atoms with Crippen molar-refractivity contribution in [1.29, 1.82) is 4.78 Å². The number of aromatic nitrogens is 3. The number of benzene rings is 1. The van der Waals surface area contributed by atoms with Crippen LogP contribution in [-0.2, 0) is 27.4 Å². The fraction of sp³-hybridized carbons (Fsp3) is 0.320. The second-order valence-corrected chi connectivity index (χ2v) is 11.4. The molecule has 5 rings (SSSR count). The molecule has 3 aromatic rings. The van der Waals surface area contributed by atoms with Crippen LogP contribution in [0.2, 0.25) is 0 Å². The van der Waals surface area contributed by atoms with Crippen LogP contribution in [0.15, 0.2) is 64.6 Å². The van der Waals surface area contributed by atoms with Gasteiger partial charge in [-0.25, -0.2) is 18.5 Å². The smallest absolute Gasteiger partial charge is 0.423 e. The minimum absolute atomic E-state index is 0.0156. The molecule has 13 heteroatoms. The highest BCUT2D eigenvalue weighted by atomic mass is 32.2. The second kappa shape index (κ2) is 10.2. The maximum atomic E-state index is 13.2. The zero-order valence-corrected chi connectivity index (χ0v) is 21.9. The number of aryl methyl sites for hydroxylation is 1. The maximum absolute atomic E-state index is 13.2. The zero-order chi connectivity index (χ0) is 27.0. The summed E-state index contributed by atoms with van der Waals surface area (Å²) in [4.78, 5) is 25.7. The van der Waals surface area contributed by atoms with Crippen molar-refractivity contribution in [2.75, 3.05) is 11.9 Å². The van der Waals surface area contributed by atoms with Crippen LogP contribution < -0.4 is 15.6 Å². The Bertz CT molecular complexity index is 1580. The van der Waals surface area contributed by atoms with Crippen molar-refractivity contribution in [3.8, 4) is 11.1 Å². The molecule has 198 valence electrons. The Morgan fingerprint density at radius 3 is 2.79 bits per heavy atom. The second-order valence-electron chi connectivity index (χ2n) is 9.66. The van der Waals surface area contributed by atoms with Crippen LogP contribution in [0.3, 0.4) is 0 Å². The van der Waals surface area contributed by atoms with Crippen molar-refractivity contribution in [2.24, 2.45) is 0 Å². The van der Waals surface area contributed by atoms with Crippen molar-refractivity contribution >= 4 is 28.8 Å². The summed E-state index contributed by atoms with van der Waals surface area (Å²) in [6.07, 6.45) is 7.55. The molecular formula is C25H29BN6O5S. The van der Waals surface area contributed by atoms with E-state index in [9.17, 15) is 18.8 Å². The van der Waals surface area contributed by atoms with Crippen LogP contribution in [0.4, 0.5) is 10.5 Å². The van der Waals surface area contributed by atoms with Gasteiger partial charge in [0, 0.05) is 30.1 Å². The molecule has 1 aromatic carbocycles. The molecule has 0 spiro atoms. The van der Waals surface area contributed by atoms with Crippen LogP contribution in [0, 0.1) is 4.78 Å². The summed E-state index contributed by atoms with van der Waals surface area (Å²) in [5, 5.41) is 16.4. The molecule has 2 unspecified atom stereocenters. The van der Waals surface area contributed by atoms with Crippen LogP contribution in [0.5, 0.6) is 0 Å². The number of pyridine rings is 1. The molecule has 1 aliphatic heterocycles. The topological polar surface area (TPSA) is 151 Å². The molecular weight excluding hydrogens is 507 g/mol. The molecule has 0 radical (unpaired) electrons. The van der Waals surface area contributed by atoms with E-state index in [1.807, 2.05) is 32.0 Å². The third kappa shape index (κ3) is 5.17. The van der Waals surface area contributed by atoms with Crippen LogP contribution in [0.25, 0.3) is 11.1 Å². The normalized spacial score (nSPS) is 18.3. The van der Waals surface area contributed by atoms with Crippen LogP contribution in [0.1, 0.15) is 43.5 Å². The lowest BCUT2D eigenvalue weighted by molar-refractivity contribution is 0.222. The van der Waals surface area contributed by atoms with Crippen molar-refractivity contribution in [3.63, 3.8) is 0 Å². The SMILES string of the molecule is CC(C)n1ccc(-c2ccc3c(c2NC(=O)NS(=N)(=O)c2ccn(C4C=CB(O)OC4)n2)CCC3)cc1=O. The van der Waals surface area contributed by atoms with E-state index in [1.54, 1.807) is 29.1 Å². The first-order valence-electron chi connectivity index (χ1n) is 12.4. The fourth-order valence-corrected chi connectivity index (χ4v) is 5.69. The van der Waals surface area contributed by atoms with Crippen molar-refractivity contribution in [2.45, 2.75) is 50.2 Å². The summed E-state index contributed by atoms with van der Waals surface area (Å²) >= 11 is 0. The molecule has 0 fully saturated rings. The molecule has 2 atom stereocenters. The number of carbonyl (C=O) groups excluding carboxylic acids is 1. The quantitative estimate of drug-likeness (QED) is 0.356. The van der Waals surface area contributed by atoms with E-state index in [0.717, 1.165) is 30.4 Å². The van der Waals surface area contributed by atoms with E-state index in [-0.39, 0.29) is 29.3 Å². The van der Waals surface area contributed by atoms with Crippen molar-refractivity contribution in [3.05, 3.63) is 76.3 Å². The van der Waals surface area contributed by atoms with Crippen LogP contribution >= 0.6 is 0 Å². The minimum Gasteiger partial charge on any atom is -0.423 e. The van der Waals surface area contributed by atoms with Crippen LogP contribution in [-0.4, -0.2) is 43.3 Å². The summed E-state index contributed by atoms with van der Waals surface area (Å²) in [5.41, 5.74) is 3.82. The van der Waals surface area contributed by atoms with E-state index in [4.69, 9.17) is 9.43 Å². The van der Waals surface area contributed by atoms with Gasteiger partial charge in [0.25, 0.3) is 5.56 Å². The van der Waals surface area contributed by atoms with Gasteiger partial charge < -0.3 is 19.6 Å². The van der Waals surface area contributed by atoms with Gasteiger partial charge in [0.1, 0.15) is 0 Å². The highest BCUT2D eigenvalue weighted by molar-refractivity contribution is 7.91. The summed E-state index contributed by atoms with van der Waals surface area (Å²) in [5.74, 6) is 1.47. The predicted octanol–water partition coefficient (Wildman–Crippen LogP) is 3.07. The Morgan fingerprint density at radius 2 is 2.08 bits per heavy atom. The van der Waals surface area contributed by atoms with Gasteiger partial charge in [0.15, 0.2) is 14.9 Å². The summed E-state index contributed by atoms with van der Waals surface area (Å²) < 4.78 is 32.0. The standard InChI is InChI=1S/C25H29BN6O5S/c1-16(2)31-12-9-18(14-23(31)33)21-7-6-17-4-3-5-20(17)24(21)28-25(34)30-38(27,36)22-10-13-32(29-22)19-8-11-26(35)37-15-19/h6-14,16,19,35H,3-5,15H2,1-2H3,(H3,27,28,30,34,36). The zero-order valence-electron chi connectivity index (χ0n) is 21.1. The number of rotatable bonds is 6. The predicted molar refractivity (Wildman–Crippen MR) is 144 cm³/mol. The number of anilines is 1. The van der Waals surface area contributed by atoms with Crippen molar-refractivity contribution in [1.82, 2.24) is 19.1 Å². The third-order valence-corrected chi connectivity index (χ3v) is 8.01. The number of amides is 2. The minimum atomic E-state index is -3.78.